The standard InChI is InChI=1S/C11H17NO3S/c1-10(2,3)15-9(13)6-11(12,14)8-4-5-16-7-8/h4-5,7,14H,6,12H2,1-3H3. The van der Waals surface area contributed by atoms with Crippen LogP contribution in [0.5, 0.6) is 0 Å². The fourth-order valence-electron chi connectivity index (χ4n) is 1.21. The first-order valence-corrected chi connectivity index (χ1v) is 5.91. The first-order chi connectivity index (χ1) is 7.21. The second-order valence-electron chi connectivity index (χ2n) is 4.70. The van der Waals surface area contributed by atoms with E-state index in [0.717, 1.165) is 0 Å². The van der Waals surface area contributed by atoms with Gasteiger partial charge in [0.05, 0.1) is 6.42 Å². The van der Waals surface area contributed by atoms with E-state index in [1.807, 2.05) is 0 Å². The number of rotatable bonds is 3. The number of ether oxygens (including phenoxy) is 1. The molecule has 4 nitrogen and oxygen atoms in total. The highest BCUT2D eigenvalue weighted by Crippen LogP contribution is 2.23. The molecule has 0 aliphatic heterocycles. The molecule has 0 saturated carbocycles. The molecule has 0 amide bonds. The topological polar surface area (TPSA) is 72.5 Å². The maximum absolute atomic E-state index is 11.5. The Bertz CT molecular complexity index is 352. The molecule has 3 N–H and O–H groups in total. The van der Waals surface area contributed by atoms with E-state index in [0.29, 0.717) is 5.56 Å². The zero-order valence-electron chi connectivity index (χ0n) is 9.69. The quantitative estimate of drug-likeness (QED) is 0.624. The van der Waals surface area contributed by atoms with Gasteiger partial charge in [-0.2, -0.15) is 11.3 Å². The Hall–Kier alpha value is -0.910. The van der Waals surface area contributed by atoms with Gasteiger partial charge >= 0.3 is 5.97 Å². The van der Waals surface area contributed by atoms with Crippen molar-refractivity contribution in [1.29, 1.82) is 0 Å². The Morgan fingerprint density at radius 1 is 1.56 bits per heavy atom. The molecular formula is C11H17NO3S. The van der Waals surface area contributed by atoms with Crippen LogP contribution in [0, 0.1) is 0 Å². The van der Waals surface area contributed by atoms with Crippen LogP contribution in [0.25, 0.3) is 0 Å². The molecule has 1 unspecified atom stereocenters. The summed E-state index contributed by atoms with van der Waals surface area (Å²) in [6, 6.07) is 1.69. The monoisotopic (exact) mass is 243 g/mol. The summed E-state index contributed by atoms with van der Waals surface area (Å²) in [5.41, 5.74) is 3.98. The van der Waals surface area contributed by atoms with Crippen molar-refractivity contribution in [2.45, 2.75) is 38.5 Å². The molecule has 0 bridgehead atoms. The van der Waals surface area contributed by atoms with Crippen LogP contribution in [0.3, 0.4) is 0 Å². The Balaban J connectivity index is 2.64. The molecule has 90 valence electrons. The summed E-state index contributed by atoms with van der Waals surface area (Å²) in [5, 5.41) is 13.4. The van der Waals surface area contributed by atoms with Crippen LogP contribution in [0.15, 0.2) is 16.8 Å². The lowest BCUT2D eigenvalue weighted by molar-refractivity contribution is -0.160. The smallest absolute Gasteiger partial charge is 0.311 e. The van der Waals surface area contributed by atoms with E-state index in [2.05, 4.69) is 0 Å². The normalized spacial score (nSPS) is 15.6. The maximum Gasteiger partial charge on any atom is 0.311 e. The fraction of sp³-hybridized carbons (Fsp3) is 0.545. The van der Waals surface area contributed by atoms with Gasteiger partial charge in [-0.25, -0.2) is 0 Å². The van der Waals surface area contributed by atoms with Gasteiger partial charge in [-0.1, -0.05) is 0 Å². The molecule has 1 atom stereocenters. The fourth-order valence-corrected chi connectivity index (χ4v) is 1.94. The van der Waals surface area contributed by atoms with Gasteiger partial charge in [0.15, 0.2) is 5.72 Å². The van der Waals surface area contributed by atoms with Crippen molar-refractivity contribution in [3.8, 4) is 0 Å². The molecule has 1 heterocycles. The largest absolute Gasteiger partial charge is 0.460 e. The molecule has 16 heavy (non-hydrogen) atoms. The van der Waals surface area contributed by atoms with E-state index < -0.39 is 17.3 Å². The van der Waals surface area contributed by atoms with Gasteiger partial charge in [0.1, 0.15) is 5.60 Å². The first-order valence-electron chi connectivity index (χ1n) is 4.96. The van der Waals surface area contributed by atoms with Crippen LogP contribution in [0.1, 0.15) is 32.8 Å². The van der Waals surface area contributed by atoms with E-state index >= 15 is 0 Å². The number of hydrogen-bond donors (Lipinski definition) is 2. The Morgan fingerprint density at radius 3 is 2.62 bits per heavy atom. The van der Waals surface area contributed by atoms with Crippen molar-refractivity contribution in [1.82, 2.24) is 0 Å². The highest BCUT2D eigenvalue weighted by atomic mass is 32.1. The summed E-state index contributed by atoms with van der Waals surface area (Å²) < 4.78 is 5.10. The van der Waals surface area contributed by atoms with Crippen molar-refractivity contribution < 1.29 is 14.6 Å². The lowest BCUT2D eigenvalue weighted by atomic mass is 10.0. The van der Waals surface area contributed by atoms with Crippen LogP contribution < -0.4 is 5.73 Å². The van der Waals surface area contributed by atoms with Crippen LogP contribution in [-0.4, -0.2) is 16.7 Å². The Kier molecular flexibility index (Phi) is 3.72. The van der Waals surface area contributed by atoms with Crippen molar-refractivity contribution >= 4 is 17.3 Å². The van der Waals surface area contributed by atoms with Gasteiger partial charge in [-0.3, -0.25) is 10.5 Å². The third kappa shape index (κ3) is 3.92. The summed E-state index contributed by atoms with van der Waals surface area (Å²) in [4.78, 5) is 11.5. The van der Waals surface area contributed by atoms with E-state index in [1.54, 1.807) is 37.6 Å². The molecule has 1 rings (SSSR count). The van der Waals surface area contributed by atoms with E-state index in [-0.39, 0.29) is 6.42 Å². The van der Waals surface area contributed by atoms with Crippen molar-refractivity contribution in [2.75, 3.05) is 0 Å². The van der Waals surface area contributed by atoms with Gasteiger partial charge in [0.25, 0.3) is 0 Å². The lowest BCUT2D eigenvalue weighted by Gasteiger charge is -2.25. The third-order valence-corrected chi connectivity index (χ3v) is 2.54. The molecule has 0 fully saturated rings. The summed E-state index contributed by atoms with van der Waals surface area (Å²) in [6.07, 6.45) is -0.249. The van der Waals surface area contributed by atoms with Gasteiger partial charge in [-0.05, 0) is 37.6 Å². The molecule has 0 radical (unpaired) electrons. The number of carbonyl (C=O) groups is 1. The average Bonchev–Trinajstić information content (AvgIpc) is 2.49. The molecule has 0 aliphatic rings. The molecule has 1 aromatic rings. The second kappa shape index (κ2) is 4.53. The Morgan fingerprint density at radius 2 is 2.19 bits per heavy atom. The van der Waals surface area contributed by atoms with Gasteiger partial charge < -0.3 is 9.84 Å². The van der Waals surface area contributed by atoms with Crippen molar-refractivity contribution in [3.05, 3.63) is 22.4 Å². The number of thiophene rings is 1. The minimum atomic E-state index is -1.65. The van der Waals surface area contributed by atoms with Crippen LogP contribution >= 0.6 is 11.3 Å². The number of carbonyl (C=O) groups excluding carboxylic acids is 1. The van der Waals surface area contributed by atoms with Crippen molar-refractivity contribution in [3.63, 3.8) is 0 Å². The summed E-state index contributed by atoms with van der Waals surface area (Å²) in [6.45, 7) is 5.31. The number of nitrogens with two attached hydrogens (primary N) is 1. The summed E-state index contributed by atoms with van der Waals surface area (Å²) in [7, 11) is 0. The average molecular weight is 243 g/mol. The Labute approximate surface area is 99.0 Å². The molecule has 0 aromatic carbocycles. The zero-order chi connectivity index (χ0) is 12.4. The molecular weight excluding hydrogens is 226 g/mol. The van der Waals surface area contributed by atoms with Crippen LogP contribution in [0.4, 0.5) is 0 Å². The lowest BCUT2D eigenvalue weighted by Crippen LogP contribution is -2.40. The van der Waals surface area contributed by atoms with Crippen molar-refractivity contribution in [2.24, 2.45) is 5.73 Å². The molecule has 0 spiro atoms. The van der Waals surface area contributed by atoms with E-state index in [1.165, 1.54) is 11.3 Å². The summed E-state index contributed by atoms with van der Waals surface area (Å²) >= 11 is 1.41. The highest BCUT2D eigenvalue weighted by Gasteiger charge is 2.30. The SMILES string of the molecule is CC(C)(C)OC(=O)CC(N)(O)c1ccsc1. The number of aliphatic hydroxyl groups is 1. The predicted molar refractivity (Wildman–Crippen MR) is 62.9 cm³/mol. The predicted octanol–water partition coefficient (Wildman–Crippen LogP) is 1.58. The minimum absolute atomic E-state index is 0.249. The second-order valence-corrected chi connectivity index (χ2v) is 5.48. The minimum Gasteiger partial charge on any atom is -0.460 e. The molecule has 0 aliphatic carbocycles. The third-order valence-electron chi connectivity index (χ3n) is 1.85. The van der Waals surface area contributed by atoms with E-state index in [9.17, 15) is 9.90 Å². The maximum atomic E-state index is 11.5. The molecule has 1 aromatic heterocycles. The van der Waals surface area contributed by atoms with Gasteiger partial charge in [-0.15, -0.1) is 0 Å². The van der Waals surface area contributed by atoms with Crippen LogP contribution in [-0.2, 0) is 15.3 Å². The van der Waals surface area contributed by atoms with Crippen LogP contribution in [0.2, 0.25) is 0 Å². The number of esters is 1. The van der Waals surface area contributed by atoms with E-state index in [4.69, 9.17) is 10.5 Å². The first kappa shape index (κ1) is 13.2. The number of hydrogen-bond acceptors (Lipinski definition) is 5. The zero-order valence-corrected chi connectivity index (χ0v) is 10.5. The molecule has 0 saturated heterocycles. The van der Waals surface area contributed by atoms with Gasteiger partial charge in [0, 0.05) is 5.56 Å². The summed E-state index contributed by atoms with van der Waals surface area (Å²) in [5.74, 6) is -0.510. The van der Waals surface area contributed by atoms with Gasteiger partial charge in [0.2, 0.25) is 0 Å². The highest BCUT2D eigenvalue weighted by molar-refractivity contribution is 7.08. The molecule has 5 heteroatoms.